The van der Waals surface area contributed by atoms with Gasteiger partial charge in [-0.3, -0.25) is 0 Å². The van der Waals surface area contributed by atoms with Crippen LogP contribution in [-0.4, -0.2) is 32.4 Å². The summed E-state index contributed by atoms with van der Waals surface area (Å²) in [5, 5.41) is 3.14. The number of nitrogens with zero attached hydrogens (tertiary/aromatic N) is 1. The van der Waals surface area contributed by atoms with Crippen LogP contribution in [0, 0.1) is 0 Å². The van der Waals surface area contributed by atoms with Crippen LogP contribution in [0.3, 0.4) is 0 Å². The molecule has 0 aromatic heterocycles. The Balaban J connectivity index is 2.34. The summed E-state index contributed by atoms with van der Waals surface area (Å²) in [4.78, 5) is 0.414. The SMILES string of the molecule is CCC1CCCN1S(=O)(=O)c1cccc(C(C)NC)c1. The summed E-state index contributed by atoms with van der Waals surface area (Å²) in [6.07, 6.45) is 2.82. The molecule has 0 bridgehead atoms. The number of hydrogen-bond acceptors (Lipinski definition) is 3. The Hall–Kier alpha value is -0.910. The zero-order valence-corrected chi connectivity index (χ0v) is 13.3. The molecular weight excluding hydrogens is 272 g/mol. The first kappa shape index (κ1) is 15.5. The summed E-state index contributed by atoms with van der Waals surface area (Å²) >= 11 is 0. The molecule has 1 aromatic rings. The maximum absolute atomic E-state index is 12.8. The van der Waals surface area contributed by atoms with Crippen molar-refractivity contribution >= 4 is 10.0 Å². The number of nitrogens with one attached hydrogen (secondary N) is 1. The molecule has 1 heterocycles. The van der Waals surface area contributed by atoms with Crippen LogP contribution in [0.25, 0.3) is 0 Å². The molecule has 0 spiro atoms. The van der Waals surface area contributed by atoms with Crippen molar-refractivity contribution in [3.05, 3.63) is 29.8 Å². The van der Waals surface area contributed by atoms with Gasteiger partial charge in [-0.15, -0.1) is 0 Å². The molecule has 1 saturated heterocycles. The van der Waals surface area contributed by atoms with Gasteiger partial charge in [0.15, 0.2) is 0 Å². The molecule has 5 heteroatoms. The minimum absolute atomic E-state index is 0.144. The largest absolute Gasteiger partial charge is 0.313 e. The molecule has 0 amide bonds. The van der Waals surface area contributed by atoms with Gasteiger partial charge in [0, 0.05) is 18.6 Å². The van der Waals surface area contributed by atoms with E-state index in [-0.39, 0.29) is 12.1 Å². The highest BCUT2D eigenvalue weighted by Gasteiger charge is 2.34. The van der Waals surface area contributed by atoms with Gasteiger partial charge in [0.05, 0.1) is 4.90 Å². The van der Waals surface area contributed by atoms with E-state index >= 15 is 0 Å². The van der Waals surface area contributed by atoms with Crippen molar-refractivity contribution in [1.82, 2.24) is 9.62 Å². The summed E-state index contributed by atoms with van der Waals surface area (Å²) in [5.74, 6) is 0. The van der Waals surface area contributed by atoms with Crippen LogP contribution in [-0.2, 0) is 10.0 Å². The second-order valence-electron chi connectivity index (χ2n) is 5.40. The van der Waals surface area contributed by atoms with Crippen molar-refractivity contribution in [2.45, 2.75) is 50.1 Å². The topological polar surface area (TPSA) is 49.4 Å². The lowest BCUT2D eigenvalue weighted by atomic mass is 10.1. The number of sulfonamides is 1. The van der Waals surface area contributed by atoms with Gasteiger partial charge in [0.25, 0.3) is 0 Å². The van der Waals surface area contributed by atoms with Crippen LogP contribution in [0.15, 0.2) is 29.2 Å². The molecule has 2 unspecified atom stereocenters. The Bertz CT molecular complexity index is 557. The predicted octanol–water partition coefficient (Wildman–Crippen LogP) is 2.53. The molecule has 2 rings (SSSR count). The molecule has 2 atom stereocenters. The van der Waals surface area contributed by atoms with Crippen molar-refractivity contribution in [2.75, 3.05) is 13.6 Å². The third kappa shape index (κ3) is 2.90. The molecule has 1 aromatic carbocycles. The second kappa shape index (κ2) is 6.24. The second-order valence-corrected chi connectivity index (χ2v) is 7.29. The molecule has 1 fully saturated rings. The molecule has 20 heavy (non-hydrogen) atoms. The zero-order valence-electron chi connectivity index (χ0n) is 12.5. The third-order valence-corrected chi connectivity index (χ3v) is 6.14. The van der Waals surface area contributed by atoms with Crippen LogP contribution >= 0.6 is 0 Å². The third-order valence-electron chi connectivity index (χ3n) is 4.19. The molecule has 0 aliphatic carbocycles. The van der Waals surface area contributed by atoms with Gasteiger partial charge in [-0.2, -0.15) is 4.31 Å². The summed E-state index contributed by atoms with van der Waals surface area (Å²) in [7, 11) is -1.48. The monoisotopic (exact) mass is 296 g/mol. The summed E-state index contributed by atoms with van der Waals surface area (Å²) in [6, 6.07) is 7.58. The Morgan fingerprint density at radius 3 is 2.85 bits per heavy atom. The van der Waals surface area contributed by atoms with Gasteiger partial charge in [-0.05, 0) is 50.9 Å². The van der Waals surface area contributed by atoms with Gasteiger partial charge in [-0.25, -0.2) is 8.42 Å². The van der Waals surface area contributed by atoms with Crippen LogP contribution in [0.4, 0.5) is 0 Å². The number of benzene rings is 1. The van der Waals surface area contributed by atoms with E-state index in [9.17, 15) is 8.42 Å². The Morgan fingerprint density at radius 2 is 2.20 bits per heavy atom. The van der Waals surface area contributed by atoms with Crippen LogP contribution in [0.2, 0.25) is 0 Å². The van der Waals surface area contributed by atoms with E-state index in [0.717, 1.165) is 24.8 Å². The summed E-state index contributed by atoms with van der Waals surface area (Å²) in [6.45, 7) is 4.72. The molecule has 1 N–H and O–H groups in total. The highest BCUT2D eigenvalue weighted by molar-refractivity contribution is 7.89. The van der Waals surface area contributed by atoms with Crippen LogP contribution in [0.5, 0.6) is 0 Å². The van der Waals surface area contributed by atoms with Crippen molar-refractivity contribution in [2.24, 2.45) is 0 Å². The zero-order chi connectivity index (χ0) is 14.8. The van der Waals surface area contributed by atoms with E-state index in [2.05, 4.69) is 12.2 Å². The van der Waals surface area contributed by atoms with Gasteiger partial charge in [-0.1, -0.05) is 19.1 Å². The highest BCUT2D eigenvalue weighted by atomic mass is 32.2. The highest BCUT2D eigenvalue weighted by Crippen LogP contribution is 2.28. The van der Waals surface area contributed by atoms with Gasteiger partial charge < -0.3 is 5.32 Å². The predicted molar refractivity (Wildman–Crippen MR) is 81.1 cm³/mol. The minimum atomic E-state index is -3.36. The molecule has 0 radical (unpaired) electrons. The van der Waals surface area contributed by atoms with Crippen molar-refractivity contribution in [1.29, 1.82) is 0 Å². The van der Waals surface area contributed by atoms with Crippen molar-refractivity contribution in [3.8, 4) is 0 Å². The minimum Gasteiger partial charge on any atom is -0.313 e. The van der Waals surface area contributed by atoms with E-state index in [1.165, 1.54) is 0 Å². The van der Waals surface area contributed by atoms with Gasteiger partial charge in [0.1, 0.15) is 0 Å². The average Bonchev–Trinajstić information content (AvgIpc) is 2.95. The first-order valence-corrected chi connectivity index (χ1v) is 8.73. The Kier molecular flexibility index (Phi) is 4.83. The van der Waals surface area contributed by atoms with Crippen molar-refractivity contribution < 1.29 is 8.42 Å². The number of hydrogen-bond donors (Lipinski definition) is 1. The van der Waals surface area contributed by atoms with Crippen molar-refractivity contribution in [3.63, 3.8) is 0 Å². The van der Waals surface area contributed by atoms with E-state index in [1.807, 2.05) is 26.1 Å². The maximum Gasteiger partial charge on any atom is 0.243 e. The van der Waals surface area contributed by atoms with Gasteiger partial charge in [0.2, 0.25) is 10.0 Å². The smallest absolute Gasteiger partial charge is 0.243 e. The fourth-order valence-electron chi connectivity index (χ4n) is 2.78. The first-order chi connectivity index (χ1) is 9.50. The molecular formula is C15H24N2O2S. The van der Waals surface area contributed by atoms with E-state index in [0.29, 0.717) is 11.4 Å². The Morgan fingerprint density at radius 1 is 1.45 bits per heavy atom. The Labute approximate surface area is 122 Å². The van der Waals surface area contributed by atoms with E-state index < -0.39 is 10.0 Å². The standard InChI is InChI=1S/C15H24N2O2S/c1-4-14-8-6-10-17(14)20(18,19)15-9-5-7-13(11-15)12(2)16-3/h5,7,9,11-12,14,16H,4,6,8,10H2,1-3H3. The average molecular weight is 296 g/mol. The molecule has 1 aliphatic heterocycles. The lowest BCUT2D eigenvalue weighted by Gasteiger charge is -2.23. The lowest BCUT2D eigenvalue weighted by molar-refractivity contribution is 0.379. The molecule has 0 saturated carbocycles. The van der Waals surface area contributed by atoms with Crippen LogP contribution < -0.4 is 5.32 Å². The van der Waals surface area contributed by atoms with E-state index in [4.69, 9.17) is 0 Å². The summed E-state index contributed by atoms with van der Waals surface area (Å²) in [5.41, 5.74) is 1.00. The fourth-order valence-corrected chi connectivity index (χ4v) is 4.60. The van der Waals surface area contributed by atoms with Gasteiger partial charge >= 0.3 is 0 Å². The normalized spacial score (nSPS) is 22.1. The molecule has 1 aliphatic rings. The molecule has 4 nitrogen and oxygen atoms in total. The van der Waals surface area contributed by atoms with E-state index in [1.54, 1.807) is 16.4 Å². The summed E-state index contributed by atoms with van der Waals surface area (Å²) < 4.78 is 27.2. The maximum atomic E-state index is 12.8. The van der Waals surface area contributed by atoms with Crippen LogP contribution in [0.1, 0.15) is 44.7 Å². The first-order valence-electron chi connectivity index (χ1n) is 7.29. The molecule has 112 valence electrons. The fraction of sp³-hybridized carbons (Fsp3) is 0.600. The quantitative estimate of drug-likeness (QED) is 0.908. The lowest BCUT2D eigenvalue weighted by Crippen LogP contribution is -2.35. The number of rotatable bonds is 5.